The Balaban J connectivity index is 1.55. The fourth-order valence-electron chi connectivity index (χ4n) is 2.39. The van der Waals surface area contributed by atoms with E-state index in [-0.39, 0.29) is 11.3 Å². The van der Waals surface area contributed by atoms with Gasteiger partial charge in [-0.3, -0.25) is 9.59 Å². The van der Waals surface area contributed by atoms with E-state index in [0.717, 1.165) is 15.8 Å². The molecule has 7 heteroatoms. The van der Waals surface area contributed by atoms with Crippen molar-refractivity contribution in [3.8, 4) is 11.1 Å². The molecule has 136 valence electrons. The molecule has 1 aromatic heterocycles. The van der Waals surface area contributed by atoms with Gasteiger partial charge in [-0.05, 0) is 29.3 Å². The number of aromatic nitrogens is 2. The molecule has 0 aliphatic heterocycles. The highest BCUT2D eigenvalue weighted by atomic mass is 16.5. The lowest BCUT2D eigenvalue weighted by Crippen LogP contribution is -2.24. The maximum absolute atomic E-state index is 12.0. The molecular formula is C20H17N3O4. The summed E-state index contributed by atoms with van der Waals surface area (Å²) in [6.45, 7) is -0.455. The summed E-state index contributed by atoms with van der Waals surface area (Å²) < 4.78 is 5.94. The standard InChI is InChI=1S/C20H17N3O4/c1-23-19(25)12-11-17(22-23)20(26)27-13-18(24)21-16-9-7-15(8-10-16)14-5-3-2-4-6-14/h2-12H,13H2,1H3,(H,21,24). The number of esters is 1. The molecule has 0 spiro atoms. The van der Waals surface area contributed by atoms with Crippen LogP contribution in [0, 0.1) is 0 Å². The number of carbonyl (C=O) groups is 2. The van der Waals surface area contributed by atoms with Crippen LogP contribution in [0.2, 0.25) is 0 Å². The van der Waals surface area contributed by atoms with Gasteiger partial charge in [0.25, 0.3) is 11.5 Å². The predicted octanol–water partition coefficient (Wildman–Crippen LogP) is 2.24. The average Bonchev–Trinajstić information content (AvgIpc) is 2.69. The smallest absolute Gasteiger partial charge is 0.359 e. The zero-order chi connectivity index (χ0) is 19.2. The Hall–Kier alpha value is -3.74. The van der Waals surface area contributed by atoms with Crippen LogP contribution in [0.5, 0.6) is 0 Å². The summed E-state index contributed by atoms with van der Waals surface area (Å²) in [7, 11) is 1.42. The minimum Gasteiger partial charge on any atom is -0.451 e. The molecule has 7 nitrogen and oxygen atoms in total. The summed E-state index contributed by atoms with van der Waals surface area (Å²) in [6.07, 6.45) is 0. The lowest BCUT2D eigenvalue weighted by atomic mass is 10.1. The molecule has 0 atom stereocenters. The Kier molecular flexibility index (Phi) is 5.41. The fourth-order valence-corrected chi connectivity index (χ4v) is 2.39. The lowest BCUT2D eigenvalue weighted by Gasteiger charge is -2.08. The number of aryl methyl sites for hydroxylation is 1. The Morgan fingerprint density at radius 3 is 2.30 bits per heavy atom. The van der Waals surface area contributed by atoms with E-state index < -0.39 is 18.5 Å². The summed E-state index contributed by atoms with van der Waals surface area (Å²) in [6, 6.07) is 19.7. The molecule has 0 unspecified atom stereocenters. The Bertz CT molecular complexity index is 1010. The minimum absolute atomic E-state index is 0.0443. The first-order chi connectivity index (χ1) is 13.0. The van der Waals surface area contributed by atoms with Gasteiger partial charge in [0.2, 0.25) is 0 Å². The third-order valence-corrected chi connectivity index (χ3v) is 3.78. The van der Waals surface area contributed by atoms with Crippen molar-refractivity contribution < 1.29 is 14.3 Å². The maximum atomic E-state index is 12.0. The van der Waals surface area contributed by atoms with Crippen LogP contribution in [-0.2, 0) is 16.6 Å². The number of carbonyl (C=O) groups excluding carboxylic acids is 2. The zero-order valence-electron chi connectivity index (χ0n) is 14.6. The third kappa shape index (κ3) is 4.66. The maximum Gasteiger partial charge on any atom is 0.359 e. The number of nitrogens with one attached hydrogen (secondary N) is 1. The van der Waals surface area contributed by atoms with Gasteiger partial charge in [0, 0.05) is 18.8 Å². The van der Waals surface area contributed by atoms with Gasteiger partial charge in [0.15, 0.2) is 12.3 Å². The van der Waals surface area contributed by atoms with E-state index in [1.165, 1.54) is 19.2 Å². The number of hydrogen-bond donors (Lipinski definition) is 1. The molecule has 1 N–H and O–H groups in total. The van der Waals surface area contributed by atoms with Gasteiger partial charge in [0.05, 0.1) is 0 Å². The van der Waals surface area contributed by atoms with Crippen molar-refractivity contribution in [2.75, 3.05) is 11.9 Å². The molecule has 0 bridgehead atoms. The van der Waals surface area contributed by atoms with Gasteiger partial charge in [-0.1, -0.05) is 42.5 Å². The van der Waals surface area contributed by atoms with Gasteiger partial charge < -0.3 is 10.1 Å². The molecule has 1 amide bonds. The zero-order valence-corrected chi connectivity index (χ0v) is 14.6. The second-order valence-electron chi connectivity index (χ2n) is 5.75. The largest absolute Gasteiger partial charge is 0.451 e. The molecule has 1 heterocycles. The number of anilines is 1. The summed E-state index contributed by atoms with van der Waals surface area (Å²) in [5, 5.41) is 6.43. The molecule has 0 saturated heterocycles. The van der Waals surface area contributed by atoms with Crippen LogP contribution < -0.4 is 10.9 Å². The van der Waals surface area contributed by atoms with Crippen LogP contribution >= 0.6 is 0 Å². The first-order valence-electron chi connectivity index (χ1n) is 8.20. The van der Waals surface area contributed by atoms with Crippen molar-refractivity contribution in [3.63, 3.8) is 0 Å². The quantitative estimate of drug-likeness (QED) is 0.702. The van der Waals surface area contributed by atoms with Crippen LogP contribution in [0.15, 0.2) is 71.5 Å². The van der Waals surface area contributed by atoms with E-state index in [4.69, 9.17) is 4.74 Å². The van der Waals surface area contributed by atoms with Gasteiger partial charge in [-0.15, -0.1) is 0 Å². The van der Waals surface area contributed by atoms with E-state index in [1.54, 1.807) is 12.1 Å². The molecule has 0 fully saturated rings. The highest BCUT2D eigenvalue weighted by Gasteiger charge is 2.13. The summed E-state index contributed by atoms with van der Waals surface area (Å²) in [5.74, 6) is -1.25. The van der Waals surface area contributed by atoms with Crippen molar-refractivity contribution >= 4 is 17.6 Å². The summed E-state index contributed by atoms with van der Waals surface area (Å²) in [5.41, 5.74) is 2.31. The molecule has 3 rings (SSSR count). The van der Waals surface area contributed by atoms with Crippen molar-refractivity contribution in [3.05, 3.63) is 82.8 Å². The van der Waals surface area contributed by atoms with Crippen LogP contribution in [0.1, 0.15) is 10.5 Å². The Labute approximate surface area is 155 Å². The van der Waals surface area contributed by atoms with Crippen LogP contribution in [0.3, 0.4) is 0 Å². The number of benzene rings is 2. The monoisotopic (exact) mass is 363 g/mol. The number of amides is 1. The molecule has 0 saturated carbocycles. The molecule has 2 aromatic carbocycles. The third-order valence-electron chi connectivity index (χ3n) is 3.78. The lowest BCUT2D eigenvalue weighted by molar-refractivity contribution is -0.119. The minimum atomic E-state index is -0.778. The van der Waals surface area contributed by atoms with Gasteiger partial charge >= 0.3 is 5.97 Å². The molecule has 3 aromatic rings. The van der Waals surface area contributed by atoms with Crippen molar-refractivity contribution in [2.24, 2.45) is 7.05 Å². The van der Waals surface area contributed by atoms with E-state index in [2.05, 4.69) is 10.4 Å². The number of hydrogen-bond acceptors (Lipinski definition) is 5. The summed E-state index contributed by atoms with van der Waals surface area (Å²) in [4.78, 5) is 35.1. The van der Waals surface area contributed by atoms with E-state index in [1.807, 2.05) is 42.5 Å². The number of ether oxygens (including phenoxy) is 1. The Morgan fingerprint density at radius 2 is 1.63 bits per heavy atom. The van der Waals surface area contributed by atoms with Crippen molar-refractivity contribution in [1.29, 1.82) is 0 Å². The van der Waals surface area contributed by atoms with Crippen LogP contribution in [0.4, 0.5) is 5.69 Å². The van der Waals surface area contributed by atoms with Crippen molar-refractivity contribution in [2.45, 2.75) is 0 Å². The second-order valence-corrected chi connectivity index (χ2v) is 5.75. The van der Waals surface area contributed by atoms with Gasteiger partial charge in [0.1, 0.15) is 0 Å². The summed E-state index contributed by atoms with van der Waals surface area (Å²) >= 11 is 0. The first kappa shape index (κ1) is 18.1. The van der Waals surface area contributed by atoms with Crippen LogP contribution in [-0.4, -0.2) is 28.3 Å². The molecule has 0 aliphatic rings. The second kappa shape index (κ2) is 8.09. The van der Waals surface area contributed by atoms with E-state index >= 15 is 0 Å². The molecule has 27 heavy (non-hydrogen) atoms. The SMILES string of the molecule is Cn1nc(C(=O)OCC(=O)Nc2ccc(-c3ccccc3)cc2)ccc1=O. The fraction of sp³-hybridized carbons (Fsp3) is 0.100. The normalized spacial score (nSPS) is 10.3. The van der Waals surface area contributed by atoms with Gasteiger partial charge in [-0.2, -0.15) is 5.10 Å². The van der Waals surface area contributed by atoms with E-state index in [9.17, 15) is 14.4 Å². The van der Waals surface area contributed by atoms with Gasteiger partial charge in [-0.25, -0.2) is 9.48 Å². The van der Waals surface area contributed by atoms with E-state index in [0.29, 0.717) is 5.69 Å². The molecule has 0 aliphatic carbocycles. The predicted molar refractivity (Wildman–Crippen MR) is 100 cm³/mol. The van der Waals surface area contributed by atoms with Crippen molar-refractivity contribution in [1.82, 2.24) is 9.78 Å². The van der Waals surface area contributed by atoms with Crippen LogP contribution in [0.25, 0.3) is 11.1 Å². The number of rotatable bonds is 5. The highest BCUT2D eigenvalue weighted by molar-refractivity contribution is 5.94. The highest BCUT2D eigenvalue weighted by Crippen LogP contribution is 2.20. The average molecular weight is 363 g/mol. The number of nitrogens with zero attached hydrogens (tertiary/aromatic N) is 2. The first-order valence-corrected chi connectivity index (χ1v) is 8.20. The topological polar surface area (TPSA) is 90.3 Å². The molecular weight excluding hydrogens is 346 g/mol. The Morgan fingerprint density at radius 1 is 0.963 bits per heavy atom. The molecule has 0 radical (unpaired) electrons.